The molecule has 0 bridgehead atoms. The molecule has 0 saturated carbocycles. The number of Topliss-reactive ketones (excluding diaryl/α,β-unsaturated/α-hetero) is 1. The van der Waals surface area contributed by atoms with Crippen molar-refractivity contribution in [3.8, 4) is 17.2 Å². The zero-order valence-electron chi connectivity index (χ0n) is 16.0. The maximum absolute atomic E-state index is 14.4. The van der Waals surface area contributed by atoms with Gasteiger partial charge in [0.15, 0.2) is 5.78 Å². The first-order chi connectivity index (χ1) is 13.5. The molecule has 1 aliphatic rings. The first kappa shape index (κ1) is 18.2. The average Bonchev–Trinajstić information content (AvgIpc) is 3.04. The van der Waals surface area contributed by atoms with Gasteiger partial charge in [-0.15, -0.1) is 0 Å². The summed E-state index contributed by atoms with van der Waals surface area (Å²) in [4.78, 5) is 12.9. The van der Waals surface area contributed by atoms with Crippen LogP contribution in [-0.4, -0.2) is 29.8 Å². The van der Waals surface area contributed by atoms with Crippen LogP contribution in [0.2, 0.25) is 0 Å². The van der Waals surface area contributed by atoms with Gasteiger partial charge in [-0.3, -0.25) is 4.79 Å². The second-order valence-corrected chi connectivity index (χ2v) is 6.91. The molecule has 3 aromatic rings. The number of fused-ring (bicyclic) bond motifs is 1. The first-order valence-electron chi connectivity index (χ1n) is 9.12. The second kappa shape index (κ2) is 7.11. The van der Waals surface area contributed by atoms with Gasteiger partial charge in [0.25, 0.3) is 0 Å². The molecule has 0 spiro atoms. The molecule has 2 aromatic carbocycles. The maximum Gasteiger partial charge on any atom is 0.167 e. The van der Waals surface area contributed by atoms with Crippen molar-refractivity contribution in [3.63, 3.8) is 0 Å². The fourth-order valence-corrected chi connectivity index (χ4v) is 3.96. The van der Waals surface area contributed by atoms with E-state index in [-0.39, 0.29) is 17.5 Å². The van der Waals surface area contributed by atoms with Crippen molar-refractivity contribution in [2.75, 3.05) is 14.2 Å². The summed E-state index contributed by atoms with van der Waals surface area (Å²) < 4.78 is 26.8. The SMILES string of the molecule is COc1ccc([C@H]2CC(=O)c3c(C)nn(-c4ccccc4F)c3C2)c(OC)c1. The van der Waals surface area contributed by atoms with Gasteiger partial charge in [-0.05, 0) is 37.1 Å². The molecule has 0 amide bonds. The predicted octanol–water partition coefficient (Wildman–Crippen LogP) is 4.25. The smallest absolute Gasteiger partial charge is 0.167 e. The van der Waals surface area contributed by atoms with Crippen LogP contribution >= 0.6 is 0 Å². The number of rotatable bonds is 4. The molecule has 4 rings (SSSR count). The Hall–Kier alpha value is -3.15. The summed E-state index contributed by atoms with van der Waals surface area (Å²) in [6.07, 6.45) is 0.929. The van der Waals surface area contributed by atoms with E-state index in [1.807, 2.05) is 18.2 Å². The van der Waals surface area contributed by atoms with E-state index >= 15 is 0 Å². The van der Waals surface area contributed by atoms with Crippen molar-refractivity contribution < 1.29 is 18.7 Å². The van der Waals surface area contributed by atoms with E-state index in [1.165, 1.54) is 6.07 Å². The number of halogens is 1. The average molecular weight is 380 g/mol. The van der Waals surface area contributed by atoms with Crippen molar-refractivity contribution in [1.82, 2.24) is 9.78 Å². The van der Waals surface area contributed by atoms with Crippen LogP contribution in [0.15, 0.2) is 42.5 Å². The largest absolute Gasteiger partial charge is 0.497 e. The minimum absolute atomic E-state index is 0.0178. The van der Waals surface area contributed by atoms with Crippen LogP contribution in [0.1, 0.15) is 39.6 Å². The van der Waals surface area contributed by atoms with E-state index in [2.05, 4.69) is 5.10 Å². The molecule has 0 N–H and O–H groups in total. The molecule has 0 aliphatic heterocycles. The number of benzene rings is 2. The molecule has 1 aliphatic carbocycles. The van der Waals surface area contributed by atoms with Gasteiger partial charge in [-0.2, -0.15) is 5.10 Å². The first-order valence-corrected chi connectivity index (χ1v) is 9.12. The third-order valence-electron chi connectivity index (χ3n) is 5.27. The van der Waals surface area contributed by atoms with Crippen molar-refractivity contribution in [1.29, 1.82) is 0 Å². The van der Waals surface area contributed by atoms with Crippen molar-refractivity contribution in [2.45, 2.75) is 25.7 Å². The summed E-state index contributed by atoms with van der Waals surface area (Å²) in [6, 6.07) is 12.1. The Kier molecular flexibility index (Phi) is 4.63. The summed E-state index contributed by atoms with van der Waals surface area (Å²) in [5, 5.41) is 4.48. The lowest BCUT2D eigenvalue weighted by atomic mass is 9.81. The molecular weight excluding hydrogens is 359 g/mol. The number of aryl methyl sites for hydroxylation is 1. The summed E-state index contributed by atoms with van der Waals surface area (Å²) in [7, 11) is 3.20. The monoisotopic (exact) mass is 380 g/mol. The Morgan fingerprint density at radius 1 is 1.11 bits per heavy atom. The molecule has 1 aromatic heterocycles. The van der Waals surface area contributed by atoms with Crippen molar-refractivity contribution in [2.24, 2.45) is 0 Å². The number of ketones is 1. The van der Waals surface area contributed by atoms with Gasteiger partial charge in [0, 0.05) is 18.4 Å². The number of aromatic nitrogens is 2. The van der Waals surface area contributed by atoms with Crippen LogP contribution in [0.3, 0.4) is 0 Å². The second-order valence-electron chi connectivity index (χ2n) is 6.91. The van der Waals surface area contributed by atoms with Gasteiger partial charge in [0.1, 0.15) is 23.0 Å². The lowest BCUT2D eigenvalue weighted by molar-refractivity contribution is 0.0963. The van der Waals surface area contributed by atoms with E-state index in [0.29, 0.717) is 41.3 Å². The molecule has 0 saturated heterocycles. The minimum Gasteiger partial charge on any atom is -0.497 e. The van der Waals surface area contributed by atoms with Gasteiger partial charge in [-0.1, -0.05) is 18.2 Å². The van der Waals surface area contributed by atoms with Crippen LogP contribution < -0.4 is 9.47 Å². The lowest BCUT2D eigenvalue weighted by Gasteiger charge is -2.25. The molecular formula is C22H21FN2O3. The number of hydrogen-bond acceptors (Lipinski definition) is 4. The Morgan fingerprint density at radius 3 is 2.61 bits per heavy atom. The Bertz CT molecular complexity index is 1060. The van der Waals surface area contributed by atoms with Gasteiger partial charge < -0.3 is 9.47 Å². The van der Waals surface area contributed by atoms with Crippen molar-refractivity contribution in [3.05, 3.63) is 70.8 Å². The molecule has 0 radical (unpaired) electrons. The molecule has 0 fully saturated rings. The quantitative estimate of drug-likeness (QED) is 0.679. The Labute approximate surface area is 162 Å². The minimum atomic E-state index is -0.371. The highest BCUT2D eigenvalue weighted by molar-refractivity contribution is 6.00. The zero-order valence-corrected chi connectivity index (χ0v) is 16.0. The molecule has 28 heavy (non-hydrogen) atoms. The number of methoxy groups -OCH3 is 2. The Balaban J connectivity index is 1.81. The standard InChI is InChI=1S/C22H21FN2O3/c1-13-22-19(25(24-13)18-7-5-4-6-17(18)23)10-14(11-20(22)26)16-9-8-15(27-2)12-21(16)28-3/h4-9,12,14H,10-11H2,1-3H3/t14-/m1/s1. The summed E-state index contributed by atoms with van der Waals surface area (Å²) in [6.45, 7) is 1.79. The normalized spacial score (nSPS) is 16.0. The maximum atomic E-state index is 14.4. The van der Waals surface area contributed by atoms with E-state index in [4.69, 9.17) is 9.47 Å². The van der Waals surface area contributed by atoms with Crippen LogP contribution in [0, 0.1) is 12.7 Å². The molecule has 1 atom stereocenters. The highest BCUT2D eigenvalue weighted by Gasteiger charge is 2.33. The number of para-hydroxylation sites is 1. The van der Waals surface area contributed by atoms with E-state index < -0.39 is 0 Å². The van der Waals surface area contributed by atoms with Crippen LogP contribution in [-0.2, 0) is 6.42 Å². The molecule has 1 heterocycles. The zero-order chi connectivity index (χ0) is 19.8. The van der Waals surface area contributed by atoms with Crippen LogP contribution in [0.5, 0.6) is 11.5 Å². The topological polar surface area (TPSA) is 53.3 Å². The third kappa shape index (κ3) is 2.95. The summed E-state index contributed by atoms with van der Waals surface area (Å²) >= 11 is 0. The highest BCUT2D eigenvalue weighted by Crippen LogP contribution is 2.40. The number of hydrogen-bond donors (Lipinski definition) is 0. The number of nitrogens with zero attached hydrogens (tertiary/aromatic N) is 2. The molecule has 6 heteroatoms. The lowest BCUT2D eigenvalue weighted by Crippen LogP contribution is -2.21. The van der Waals surface area contributed by atoms with E-state index in [9.17, 15) is 9.18 Å². The van der Waals surface area contributed by atoms with E-state index in [0.717, 1.165) is 11.3 Å². The highest BCUT2D eigenvalue weighted by atomic mass is 19.1. The van der Waals surface area contributed by atoms with Crippen LogP contribution in [0.4, 0.5) is 4.39 Å². The number of carbonyl (C=O) groups is 1. The fourth-order valence-electron chi connectivity index (χ4n) is 3.96. The Morgan fingerprint density at radius 2 is 1.89 bits per heavy atom. The van der Waals surface area contributed by atoms with Gasteiger partial charge in [0.2, 0.25) is 0 Å². The van der Waals surface area contributed by atoms with Gasteiger partial charge in [-0.25, -0.2) is 9.07 Å². The van der Waals surface area contributed by atoms with Gasteiger partial charge >= 0.3 is 0 Å². The molecule has 0 unspecified atom stereocenters. The summed E-state index contributed by atoms with van der Waals surface area (Å²) in [5.74, 6) is 0.932. The van der Waals surface area contributed by atoms with Crippen LogP contribution in [0.25, 0.3) is 5.69 Å². The van der Waals surface area contributed by atoms with E-state index in [1.54, 1.807) is 44.0 Å². The van der Waals surface area contributed by atoms with Gasteiger partial charge in [0.05, 0.1) is 31.2 Å². The number of carbonyl (C=O) groups excluding carboxylic acids is 1. The molecule has 144 valence electrons. The third-order valence-corrected chi connectivity index (χ3v) is 5.27. The number of ether oxygens (including phenoxy) is 2. The fraction of sp³-hybridized carbons (Fsp3) is 0.273. The molecule has 5 nitrogen and oxygen atoms in total. The predicted molar refractivity (Wildman–Crippen MR) is 103 cm³/mol. The summed E-state index contributed by atoms with van der Waals surface area (Å²) in [5.41, 5.74) is 3.25. The van der Waals surface area contributed by atoms with Crippen molar-refractivity contribution >= 4 is 5.78 Å².